The quantitative estimate of drug-likeness (QED) is 0.867. The second-order valence-corrected chi connectivity index (χ2v) is 5.94. The van der Waals surface area contributed by atoms with Crippen molar-refractivity contribution in [1.29, 1.82) is 0 Å². The minimum Gasteiger partial charge on any atom is -0.481 e. The average molecular weight is 309 g/mol. The Morgan fingerprint density at radius 3 is 2.62 bits per heavy atom. The summed E-state index contributed by atoms with van der Waals surface area (Å²) in [4.78, 5) is 13.2. The molecule has 4 unspecified atom stereocenters. The molecule has 1 aliphatic heterocycles. The van der Waals surface area contributed by atoms with Gasteiger partial charge in [0, 0.05) is 12.1 Å². The lowest BCUT2D eigenvalue weighted by atomic mass is 9.83. The molecule has 0 spiro atoms. The van der Waals surface area contributed by atoms with E-state index in [1.54, 1.807) is 0 Å². The van der Waals surface area contributed by atoms with Gasteiger partial charge in [-0.25, -0.2) is 0 Å². The zero-order chi connectivity index (χ0) is 15.6. The van der Waals surface area contributed by atoms with Crippen LogP contribution >= 0.6 is 0 Å². The molecular formula is C14H22F3NO3. The highest BCUT2D eigenvalue weighted by Gasteiger charge is 2.46. The van der Waals surface area contributed by atoms with Crippen molar-refractivity contribution in [2.24, 2.45) is 11.8 Å². The first kappa shape index (κ1) is 16.5. The number of hydrogen-bond donors (Lipinski definition) is 1. The van der Waals surface area contributed by atoms with Crippen molar-refractivity contribution < 1.29 is 27.8 Å². The summed E-state index contributed by atoms with van der Waals surface area (Å²) in [6.07, 6.45) is -2.67. The van der Waals surface area contributed by atoms with Crippen LogP contribution < -0.4 is 0 Å². The summed E-state index contributed by atoms with van der Waals surface area (Å²) >= 11 is 0. The third kappa shape index (κ3) is 3.69. The van der Waals surface area contributed by atoms with Crippen LogP contribution in [0.3, 0.4) is 0 Å². The van der Waals surface area contributed by atoms with E-state index in [0.717, 1.165) is 0 Å². The molecule has 4 nitrogen and oxygen atoms in total. The van der Waals surface area contributed by atoms with Crippen molar-refractivity contribution >= 4 is 5.97 Å². The van der Waals surface area contributed by atoms with E-state index >= 15 is 0 Å². The Hall–Kier alpha value is -0.820. The zero-order valence-electron chi connectivity index (χ0n) is 12.1. The molecular weight excluding hydrogens is 287 g/mol. The van der Waals surface area contributed by atoms with E-state index in [1.165, 1.54) is 0 Å². The second kappa shape index (κ2) is 6.52. The molecule has 122 valence electrons. The van der Waals surface area contributed by atoms with Crippen LogP contribution in [0.2, 0.25) is 0 Å². The van der Waals surface area contributed by atoms with Gasteiger partial charge in [0.1, 0.15) is 0 Å². The van der Waals surface area contributed by atoms with Crippen molar-refractivity contribution in [3.8, 4) is 0 Å². The van der Waals surface area contributed by atoms with Gasteiger partial charge in [-0.3, -0.25) is 9.69 Å². The molecule has 0 aromatic carbocycles. The maximum atomic E-state index is 12.9. The molecule has 1 N–H and O–H groups in total. The maximum Gasteiger partial charge on any atom is 0.391 e. The van der Waals surface area contributed by atoms with Crippen LogP contribution in [0.4, 0.5) is 13.2 Å². The van der Waals surface area contributed by atoms with Crippen molar-refractivity contribution in [2.75, 3.05) is 19.8 Å². The Morgan fingerprint density at radius 2 is 2.05 bits per heavy atom. The summed E-state index contributed by atoms with van der Waals surface area (Å²) in [7, 11) is 0. The predicted octanol–water partition coefficient (Wildman–Crippen LogP) is 2.53. The normalized spacial score (nSPS) is 34.3. The number of likely N-dealkylation sites (N-methyl/N-ethyl adjacent to an activating group) is 1. The number of carboxylic acid groups (broad SMARTS) is 1. The van der Waals surface area contributed by atoms with Gasteiger partial charge in [-0.05, 0) is 25.8 Å². The largest absolute Gasteiger partial charge is 0.481 e. The van der Waals surface area contributed by atoms with Gasteiger partial charge in [-0.2, -0.15) is 13.2 Å². The number of carboxylic acids is 1. The van der Waals surface area contributed by atoms with Gasteiger partial charge >= 0.3 is 12.1 Å². The molecule has 21 heavy (non-hydrogen) atoms. The summed E-state index contributed by atoms with van der Waals surface area (Å²) in [6, 6.07) is -0.520. The van der Waals surface area contributed by atoms with Crippen molar-refractivity contribution in [2.45, 2.75) is 50.9 Å². The summed E-state index contributed by atoms with van der Waals surface area (Å²) in [5.74, 6) is -2.84. The molecule has 2 aliphatic rings. The molecule has 1 heterocycles. The molecule has 0 radical (unpaired) electrons. The first-order chi connectivity index (χ1) is 9.84. The highest BCUT2D eigenvalue weighted by molar-refractivity contribution is 5.71. The Bertz CT molecular complexity index is 375. The second-order valence-electron chi connectivity index (χ2n) is 5.94. The Morgan fingerprint density at radius 1 is 1.33 bits per heavy atom. The molecule has 1 saturated heterocycles. The third-order valence-electron chi connectivity index (χ3n) is 4.74. The first-order valence-electron chi connectivity index (χ1n) is 7.47. The monoisotopic (exact) mass is 309 g/mol. The first-order valence-corrected chi connectivity index (χ1v) is 7.47. The van der Waals surface area contributed by atoms with Crippen LogP contribution in [0, 0.1) is 11.8 Å². The fourth-order valence-corrected chi connectivity index (χ4v) is 3.63. The highest BCUT2D eigenvalue weighted by Crippen LogP contribution is 2.40. The number of nitrogens with zero attached hydrogens (tertiary/aromatic N) is 1. The van der Waals surface area contributed by atoms with Gasteiger partial charge in [0.2, 0.25) is 0 Å². The number of ether oxygens (including phenoxy) is 1. The van der Waals surface area contributed by atoms with Gasteiger partial charge in [0.25, 0.3) is 0 Å². The fraction of sp³-hybridized carbons (Fsp3) is 0.929. The third-order valence-corrected chi connectivity index (χ3v) is 4.74. The van der Waals surface area contributed by atoms with Crippen LogP contribution in [-0.4, -0.2) is 54.0 Å². The molecule has 0 aromatic rings. The van der Waals surface area contributed by atoms with Crippen molar-refractivity contribution in [3.63, 3.8) is 0 Å². The number of hydrogen-bond acceptors (Lipinski definition) is 3. The van der Waals surface area contributed by atoms with Crippen LogP contribution in [0.15, 0.2) is 0 Å². The Kier molecular flexibility index (Phi) is 5.14. The fourth-order valence-electron chi connectivity index (χ4n) is 3.63. The summed E-state index contributed by atoms with van der Waals surface area (Å²) in [5.41, 5.74) is 0. The molecule has 0 bridgehead atoms. The van der Waals surface area contributed by atoms with E-state index in [0.29, 0.717) is 19.4 Å². The number of aliphatic carboxylic acids is 1. The van der Waals surface area contributed by atoms with Crippen molar-refractivity contribution in [3.05, 3.63) is 0 Å². The standard InChI is InChI=1S/C14H22F3NO3/c1-2-18(12-8-21-7-11(12)13(19)20)10-5-3-4-9(6-10)14(15,16)17/h9-12H,2-8H2,1H3,(H,19,20). The molecule has 4 atom stereocenters. The van der Waals surface area contributed by atoms with Gasteiger partial charge in [0.05, 0.1) is 25.0 Å². The van der Waals surface area contributed by atoms with Gasteiger partial charge in [-0.15, -0.1) is 0 Å². The van der Waals surface area contributed by atoms with E-state index in [4.69, 9.17) is 4.74 Å². The number of halogens is 3. The van der Waals surface area contributed by atoms with E-state index in [1.807, 2.05) is 11.8 Å². The van der Waals surface area contributed by atoms with E-state index in [2.05, 4.69) is 0 Å². The predicted molar refractivity (Wildman–Crippen MR) is 69.9 cm³/mol. The molecule has 0 aromatic heterocycles. The number of rotatable bonds is 4. The zero-order valence-corrected chi connectivity index (χ0v) is 12.1. The van der Waals surface area contributed by atoms with Crippen LogP contribution in [-0.2, 0) is 9.53 Å². The lowest BCUT2D eigenvalue weighted by molar-refractivity contribution is -0.188. The molecule has 1 aliphatic carbocycles. The lowest BCUT2D eigenvalue weighted by Crippen LogP contribution is -2.51. The molecule has 2 fully saturated rings. The smallest absolute Gasteiger partial charge is 0.391 e. The Balaban J connectivity index is 2.08. The van der Waals surface area contributed by atoms with E-state index < -0.39 is 24.0 Å². The van der Waals surface area contributed by atoms with Gasteiger partial charge in [0.15, 0.2) is 0 Å². The van der Waals surface area contributed by atoms with E-state index in [9.17, 15) is 23.1 Å². The molecule has 0 amide bonds. The molecule has 1 saturated carbocycles. The van der Waals surface area contributed by atoms with Crippen LogP contribution in [0.25, 0.3) is 0 Å². The van der Waals surface area contributed by atoms with Crippen LogP contribution in [0.5, 0.6) is 0 Å². The summed E-state index contributed by atoms with van der Waals surface area (Å²) in [5, 5.41) is 9.22. The van der Waals surface area contributed by atoms with Gasteiger partial charge in [-0.1, -0.05) is 13.3 Å². The molecule has 2 rings (SSSR count). The number of carbonyl (C=O) groups is 1. The minimum atomic E-state index is -4.16. The van der Waals surface area contributed by atoms with Crippen molar-refractivity contribution in [1.82, 2.24) is 4.90 Å². The highest BCUT2D eigenvalue weighted by atomic mass is 19.4. The topological polar surface area (TPSA) is 49.8 Å². The lowest BCUT2D eigenvalue weighted by Gasteiger charge is -2.41. The average Bonchev–Trinajstić information content (AvgIpc) is 2.88. The van der Waals surface area contributed by atoms with Gasteiger partial charge < -0.3 is 9.84 Å². The maximum absolute atomic E-state index is 12.9. The Labute approximate surface area is 122 Å². The van der Waals surface area contributed by atoms with Crippen LogP contribution in [0.1, 0.15) is 32.6 Å². The van der Waals surface area contributed by atoms with E-state index in [-0.39, 0.29) is 38.1 Å². The minimum absolute atomic E-state index is 0.0696. The summed E-state index contributed by atoms with van der Waals surface area (Å²) in [6.45, 7) is 2.85. The molecule has 7 heteroatoms. The number of alkyl halides is 3. The summed E-state index contributed by atoms with van der Waals surface area (Å²) < 4.78 is 44.0. The SMILES string of the molecule is CCN(C1CCCC(C(F)(F)F)C1)C1COCC1C(=O)O.